The molecule has 0 bridgehead atoms. The summed E-state index contributed by atoms with van der Waals surface area (Å²) in [4.78, 5) is 11.2. The first-order valence-corrected chi connectivity index (χ1v) is 9.08. The molecule has 1 N–H and O–H groups in total. The van der Waals surface area contributed by atoms with Crippen LogP contribution in [0.25, 0.3) is 0 Å². The largest absolute Gasteiger partial charge is 0.344 e. The van der Waals surface area contributed by atoms with Crippen LogP contribution >= 0.6 is 11.3 Å². The number of likely N-dealkylation sites (N-methyl/N-ethyl adjacent to an activating group) is 1. The van der Waals surface area contributed by atoms with Crippen molar-refractivity contribution in [2.45, 2.75) is 52.1 Å². The van der Waals surface area contributed by atoms with Crippen molar-refractivity contribution in [2.75, 3.05) is 38.6 Å². The molecule has 0 radical (unpaired) electrons. The molecule has 0 saturated carbocycles. The summed E-state index contributed by atoms with van der Waals surface area (Å²) in [5.74, 6) is 0. The molecule has 2 heterocycles. The van der Waals surface area contributed by atoms with E-state index in [4.69, 9.17) is 4.98 Å². The first kappa shape index (κ1) is 16.7. The van der Waals surface area contributed by atoms with Crippen LogP contribution in [0.3, 0.4) is 0 Å². The average molecular weight is 311 g/mol. The molecule has 1 aliphatic rings. The number of aryl methyl sites for hydroxylation is 1. The van der Waals surface area contributed by atoms with E-state index >= 15 is 0 Å². The molecule has 1 aromatic heterocycles. The normalized spacial score (nSPS) is 18.9. The van der Waals surface area contributed by atoms with Gasteiger partial charge in [0, 0.05) is 30.6 Å². The van der Waals surface area contributed by atoms with E-state index in [0.717, 1.165) is 32.6 Å². The SMILES string of the molecule is CCCNCc1sc(N2CCCC2CN(C)C)nc1CC. The van der Waals surface area contributed by atoms with Gasteiger partial charge in [0.2, 0.25) is 0 Å². The second kappa shape index (κ2) is 8.11. The zero-order valence-electron chi connectivity index (χ0n) is 14.0. The van der Waals surface area contributed by atoms with Crippen LogP contribution in [0.5, 0.6) is 0 Å². The van der Waals surface area contributed by atoms with Gasteiger partial charge in [0.15, 0.2) is 5.13 Å². The second-order valence-corrected chi connectivity index (χ2v) is 7.21. The molecule has 2 rings (SSSR count). The van der Waals surface area contributed by atoms with Gasteiger partial charge in [-0.25, -0.2) is 4.98 Å². The van der Waals surface area contributed by atoms with Crippen molar-refractivity contribution < 1.29 is 0 Å². The molecule has 1 aliphatic heterocycles. The lowest BCUT2D eigenvalue weighted by Gasteiger charge is -2.26. The fourth-order valence-corrected chi connectivity index (χ4v) is 4.20. The fourth-order valence-electron chi connectivity index (χ4n) is 2.98. The Kier molecular flexibility index (Phi) is 6.45. The van der Waals surface area contributed by atoms with Crippen molar-refractivity contribution in [3.63, 3.8) is 0 Å². The molecule has 0 aliphatic carbocycles. The molecule has 1 unspecified atom stereocenters. The summed E-state index contributed by atoms with van der Waals surface area (Å²) in [6.45, 7) is 8.77. The highest BCUT2D eigenvalue weighted by molar-refractivity contribution is 7.15. The molecule has 5 heteroatoms. The number of hydrogen-bond donors (Lipinski definition) is 1. The third-order valence-electron chi connectivity index (χ3n) is 4.01. The van der Waals surface area contributed by atoms with Gasteiger partial charge in [-0.3, -0.25) is 0 Å². The van der Waals surface area contributed by atoms with Crippen LogP contribution in [0, 0.1) is 0 Å². The van der Waals surface area contributed by atoms with E-state index < -0.39 is 0 Å². The van der Waals surface area contributed by atoms with Gasteiger partial charge in [0.25, 0.3) is 0 Å². The molecule has 1 fully saturated rings. The summed E-state index contributed by atoms with van der Waals surface area (Å²) in [6.07, 6.45) is 4.81. The van der Waals surface area contributed by atoms with Crippen molar-refractivity contribution in [3.8, 4) is 0 Å². The number of nitrogens with zero attached hydrogens (tertiary/aromatic N) is 3. The number of thiazole rings is 1. The lowest BCUT2D eigenvalue weighted by atomic mass is 10.2. The van der Waals surface area contributed by atoms with E-state index in [1.165, 1.54) is 35.0 Å². The van der Waals surface area contributed by atoms with Crippen LogP contribution in [-0.2, 0) is 13.0 Å². The van der Waals surface area contributed by atoms with Gasteiger partial charge in [-0.15, -0.1) is 11.3 Å². The van der Waals surface area contributed by atoms with Crippen LogP contribution in [-0.4, -0.2) is 49.7 Å². The van der Waals surface area contributed by atoms with E-state index in [1.807, 2.05) is 11.3 Å². The molecule has 1 atom stereocenters. The molecule has 0 amide bonds. The topological polar surface area (TPSA) is 31.4 Å². The third kappa shape index (κ3) is 4.41. The Hall–Kier alpha value is -0.650. The van der Waals surface area contributed by atoms with Crippen LogP contribution in [0.15, 0.2) is 0 Å². The smallest absolute Gasteiger partial charge is 0.186 e. The summed E-state index contributed by atoms with van der Waals surface area (Å²) in [6, 6.07) is 0.632. The Morgan fingerprint density at radius 1 is 1.38 bits per heavy atom. The minimum atomic E-state index is 0.632. The summed E-state index contributed by atoms with van der Waals surface area (Å²) in [5.41, 5.74) is 1.29. The zero-order valence-corrected chi connectivity index (χ0v) is 14.8. The van der Waals surface area contributed by atoms with E-state index in [1.54, 1.807) is 0 Å². The monoisotopic (exact) mass is 310 g/mol. The predicted molar refractivity (Wildman–Crippen MR) is 92.4 cm³/mol. The Balaban J connectivity index is 2.08. The van der Waals surface area contributed by atoms with Gasteiger partial charge in [-0.2, -0.15) is 0 Å². The quantitative estimate of drug-likeness (QED) is 0.748. The van der Waals surface area contributed by atoms with Crippen LogP contribution in [0.1, 0.15) is 43.7 Å². The molecule has 0 spiro atoms. The fraction of sp³-hybridized carbons (Fsp3) is 0.812. The van der Waals surface area contributed by atoms with Crippen molar-refractivity contribution in [2.24, 2.45) is 0 Å². The molecule has 1 aromatic rings. The first-order chi connectivity index (χ1) is 10.2. The highest BCUT2D eigenvalue weighted by Crippen LogP contribution is 2.32. The molecule has 120 valence electrons. The molecule has 1 saturated heterocycles. The van der Waals surface area contributed by atoms with Crippen molar-refractivity contribution in [1.29, 1.82) is 0 Å². The van der Waals surface area contributed by atoms with E-state index in [0.29, 0.717) is 6.04 Å². The summed E-state index contributed by atoms with van der Waals surface area (Å²) in [7, 11) is 4.33. The van der Waals surface area contributed by atoms with E-state index in [9.17, 15) is 0 Å². The van der Waals surface area contributed by atoms with Gasteiger partial charge in [0.1, 0.15) is 0 Å². The lowest BCUT2D eigenvalue weighted by Crippen LogP contribution is -2.37. The van der Waals surface area contributed by atoms with Crippen molar-refractivity contribution >= 4 is 16.5 Å². The van der Waals surface area contributed by atoms with E-state index in [2.05, 4.69) is 43.1 Å². The van der Waals surface area contributed by atoms with Gasteiger partial charge in [-0.1, -0.05) is 13.8 Å². The summed E-state index contributed by atoms with van der Waals surface area (Å²) >= 11 is 1.90. The third-order valence-corrected chi connectivity index (χ3v) is 5.15. The number of anilines is 1. The minimum Gasteiger partial charge on any atom is -0.344 e. The standard InChI is InChI=1S/C16H30N4S/c1-5-9-17-11-15-14(6-2)18-16(21-15)20-10-7-8-13(20)12-19(3)4/h13,17H,5-12H2,1-4H3. The van der Waals surface area contributed by atoms with Crippen molar-refractivity contribution in [1.82, 2.24) is 15.2 Å². The highest BCUT2D eigenvalue weighted by Gasteiger charge is 2.28. The Morgan fingerprint density at radius 3 is 2.86 bits per heavy atom. The number of hydrogen-bond acceptors (Lipinski definition) is 5. The first-order valence-electron chi connectivity index (χ1n) is 8.26. The average Bonchev–Trinajstić information content (AvgIpc) is 3.04. The van der Waals surface area contributed by atoms with Crippen LogP contribution in [0.2, 0.25) is 0 Å². The van der Waals surface area contributed by atoms with Gasteiger partial charge in [-0.05, 0) is 46.3 Å². The summed E-state index contributed by atoms with van der Waals surface area (Å²) in [5, 5.41) is 4.76. The zero-order chi connectivity index (χ0) is 15.2. The second-order valence-electron chi connectivity index (χ2n) is 6.15. The highest BCUT2D eigenvalue weighted by atomic mass is 32.1. The van der Waals surface area contributed by atoms with Gasteiger partial charge in [0.05, 0.1) is 5.69 Å². The van der Waals surface area contributed by atoms with Gasteiger partial charge < -0.3 is 15.1 Å². The van der Waals surface area contributed by atoms with Crippen LogP contribution < -0.4 is 10.2 Å². The maximum Gasteiger partial charge on any atom is 0.186 e. The number of aromatic nitrogens is 1. The number of rotatable bonds is 8. The molecule has 4 nitrogen and oxygen atoms in total. The Morgan fingerprint density at radius 2 is 2.19 bits per heavy atom. The molecular formula is C16H30N4S. The molecule has 0 aromatic carbocycles. The van der Waals surface area contributed by atoms with Gasteiger partial charge >= 0.3 is 0 Å². The predicted octanol–water partition coefficient (Wildman–Crippen LogP) is 2.74. The minimum absolute atomic E-state index is 0.632. The molecule has 21 heavy (non-hydrogen) atoms. The van der Waals surface area contributed by atoms with Crippen molar-refractivity contribution in [3.05, 3.63) is 10.6 Å². The van der Waals surface area contributed by atoms with E-state index in [-0.39, 0.29) is 0 Å². The lowest BCUT2D eigenvalue weighted by molar-refractivity contribution is 0.372. The molecular weight excluding hydrogens is 280 g/mol. The maximum absolute atomic E-state index is 4.93. The Labute approximate surface area is 133 Å². The maximum atomic E-state index is 4.93. The van der Waals surface area contributed by atoms with Crippen LogP contribution in [0.4, 0.5) is 5.13 Å². The Bertz CT molecular complexity index is 430. The summed E-state index contributed by atoms with van der Waals surface area (Å²) < 4.78 is 0. The number of nitrogens with one attached hydrogen (secondary N) is 1.